The smallest absolute Gasteiger partial charge is 0.225 e. The molecule has 0 aliphatic carbocycles. The molecule has 4 rings (SSSR count). The molecule has 0 N–H and O–H groups in total. The second kappa shape index (κ2) is 8.52. The lowest BCUT2D eigenvalue weighted by molar-refractivity contribution is 0.244. The number of anilines is 1. The Morgan fingerprint density at radius 2 is 2.07 bits per heavy atom. The number of aromatic nitrogens is 4. The predicted octanol–water partition coefficient (Wildman–Crippen LogP) is 4.21. The van der Waals surface area contributed by atoms with E-state index in [-0.39, 0.29) is 11.9 Å². The molecule has 1 aliphatic rings. The molecule has 1 unspecified atom stereocenters. The number of hydrogen-bond acceptors (Lipinski definition) is 5. The zero-order chi connectivity index (χ0) is 21.3. The Bertz CT molecular complexity index is 1030. The Balaban J connectivity index is 1.73. The van der Waals surface area contributed by atoms with Gasteiger partial charge in [-0.05, 0) is 50.9 Å². The first kappa shape index (κ1) is 20.5. The van der Waals surface area contributed by atoms with E-state index in [4.69, 9.17) is 4.98 Å². The molecule has 0 radical (unpaired) electrons. The molecule has 1 atom stereocenters. The summed E-state index contributed by atoms with van der Waals surface area (Å²) in [6.07, 6.45) is 5.94. The Hall–Kier alpha value is -2.80. The van der Waals surface area contributed by atoms with Crippen LogP contribution in [0.15, 0.2) is 36.7 Å². The van der Waals surface area contributed by atoms with Gasteiger partial charge >= 0.3 is 0 Å². The van der Waals surface area contributed by atoms with Crippen LogP contribution >= 0.6 is 0 Å². The first-order valence-electron chi connectivity index (χ1n) is 10.5. The molecule has 158 valence electrons. The van der Waals surface area contributed by atoms with Crippen molar-refractivity contribution in [3.05, 3.63) is 59.4 Å². The summed E-state index contributed by atoms with van der Waals surface area (Å²) in [7, 11) is 3.88. The molecule has 1 saturated heterocycles. The Morgan fingerprint density at radius 3 is 2.77 bits per heavy atom. The van der Waals surface area contributed by atoms with E-state index in [1.165, 1.54) is 17.3 Å². The highest BCUT2D eigenvalue weighted by atomic mass is 19.1. The van der Waals surface area contributed by atoms with E-state index in [1.807, 2.05) is 42.1 Å². The van der Waals surface area contributed by atoms with Crippen LogP contribution in [0, 0.1) is 12.7 Å². The third-order valence-corrected chi connectivity index (χ3v) is 5.90. The van der Waals surface area contributed by atoms with E-state index in [0.717, 1.165) is 49.3 Å². The van der Waals surface area contributed by atoms with E-state index >= 15 is 0 Å². The van der Waals surface area contributed by atoms with E-state index in [9.17, 15) is 4.39 Å². The molecule has 3 heterocycles. The number of nitrogens with zero attached hydrogens (tertiary/aromatic N) is 6. The number of hydrogen-bond donors (Lipinski definition) is 0. The normalized spacial score (nSPS) is 16.9. The van der Waals surface area contributed by atoms with Crippen LogP contribution < -0.4 is 4.90 Å². The standard InChI is InChI=1S/C23H29FN6/c1-5-30-16(2)18(13-26-30)15-29-11-7-10-21(29)22-20(14-25-23(27-22)28(3)4)17-8-6-9-19(24)12-17/h6,8-9,12-14,21H,5,7,10-11,15H2,1-4H3. The second-order valence-electron chi connectivity index (χ2n) is 8.07. The van der Waals surface area contributed by atoms with Gasteiger partial charge in [0, 0.05) is 50.2 Å². The van der Waals surface area contributed by atoms with Crippen LogP contribution in [0.4, 0.5) is 10.3 Å². The van der Waals surface area contributed by atoms with Gasteiger partial charge in [0.1, 0.15) is 5.82 Å². The summed E-state index contributed by atoms with van der Waals surface area (Å²) in [6.45, 7) is 6.95. The summed E-state index contributed by atoms with van der Waals surface area (Å²) in [4.78, 5) is 13.8. The first-order valence-corrected chi connectivity index (χ1v) is 10.5. The van der Waals surface area contributed by atoms with Gasteiger partial charge in [-0.1, -0.05) is 12.1 Å². The number of benzene rings is 1. The zero-order valence-electron chi connectivity index (χ0n) is 18.1. The summed E-state index contributed by atoms with van der Waals surface area (Å²) in [5.74, 6) is 0.424. The van der Waals surface area contributed by atoms with Crippen molar-refractivity contribution >= 4 is 5.95 Å². The molecule has 2 aromatic heterocycles. The minimum absolute atomic E-state index is 0.161. The van der Waals surface area contributed by atoms with Gasteiger partial charge < -0.3 is 4.90 Å². The van der Waals surface area contributed by atoms with Crippen LogP contribution in [0.1, 0.15) is 42.8 Å². The summed E-state index contributed by atoms with van der Waals surface area (Å²) in [6, 6.07) is 6.85. The lowest BCUT2D eigenvalue weighted by Crippen LogP contribution is -2.25. The Kier molecular flexibility index (Phi) is 5.81. The van der Waals surface area contributed by atoms with Crippen molar-refractivity contribution < 1.29 is 4.39 Å². The molecule has 1 aromatic carbocycles. The largest absolute Gasteiger partial charge is 0.347 e. The van der Waals surface area contributed by atoms with Gasteiger partial charge in [-0.15, -0.1) is 0 Å². The average Bonchev–Trinajstić information content (AvgIpc) is 3.34. The second-order valence-corrected chi connectivity index (χ2v) is 8.07. The van der Waals surface area contributed by atoms with Crippen molar-refractivity contribution in [1.82, 2.24) is 24.6 Å². The molecule has 6 nitrogen and oxygen atoms in total. The summed E-state index contributed by atoms with van der Waals surface area (Å²) < 4.78 is 16.0. The minimum atomic E-state index is -0.249. The van der Waals surface area contributed by atoms with Crippen molar-refractivity contribution in [3.63, 3.8) is 0 Å². The van der Waals surface area contributed by atoms with Crippen LogP contribution in [-0.2, 0) is 13.1 Å². The zero-order valence-corrected chi connectivity index (χ0v) is 18.1. The molecular formula is C23H29FN6. The van der Waals surface area contributed by atoms with Gasteiger partial charge in [0.2, 0.25) is 5.95 Å². The van der Waals surface area contributed by atoms with E-state index in [2.05, 4.69) is 28.8 Å². The molecule has 0 spiro atoms. The Morgan fingerprint density at radius 1 is 1.23 bits per heavy atom. The van der Waals surface area contributed by atoms with Crippen molar-refractivity contribution in [2.45, 2.75) is 45.8 Å². The van der Waals surface area contributed by atoms with Crippen LogP contribution in [-0.4, -0.2) is 45.3 Å². The quantitative estimate of drug-likeness (QED) is 0.612. The molecule has 7 heteroatoms. The maximum atomic E-state index is 13.9. The highest BCUT2D eigenvalue weighted by Gasteiger charge is 2.31. The van der Waals surface area contributed by atoms with Crippen LogP contribution in [0.25, 0.3) is 11.1 Å². The molecule has 1 aliphatic heterocycles. The molecule has 1 fully saturated rings. The minimum Gasteiger partial charge on any atom is -0.347 e. The monoisotopic (exact) mass is 408 g/mol. The molecule has 30 heavy (non-hydrogen) atoms. The molecule has 0 saturated carbocycles. The fourth-order valence-corrected chi connectivity index (χ4v) is 4.24. The molecule has 0 amide bonds. The SMILES string of the molecule is CCn1ncc(CN2CCCC2c2nc(N(C)C)ncc2-c2cccc(F)c2)c1C. The topological polar surface area (TPSA) is 50.1 Å². The Labute approximate surface area is 177 Å². The highest BCUT2D eigenvalue weighted by Crippen LogP contribution is 2.38. The predicted molar refractivity (Wildman–Crippen MR) is 117 cm³/mol. The van der Waals surface area contributed by atoms with Gasteiger partial charge in [0.05, 0.1) is 17.9 Å². The van der Waals surface area contributed by atoms with E-state index in [1.54, 1.807) is 12.1 Å². The summed E-state index contributed by atoms with van der Waals surface area (Å²) >= 11 is 0. The van der Waals surface area contributed by atoms with Gasteiger partial charge in [0.25, 0.3) is 0 Å². The number of aryl methyl sites for hydroxylation is 1. The third kappa shape index (κ3) is 3.94. The molecule has 3 aromatic rings. The number of likely N-dealkylation sites (tertiary alicyclic amines) is 1. The van der Waals surface area contributed by atoms with Crippen molar-refractivity contribution in [1.29, 1.82) is 0 Å². The van der Waals surface area contributed by atoms with Crippen LogP contribution in [0.2, 0.25) is 0 Å². The third-order valence-electron chi connectivity index (χ3n) is 5.90. The van der Waals surface area contributed by atoms with Crippen molar-refractivity contribution in [2.75, 3.05) is 25.5 Å². The molecular weight excluding hydrogens is 379 g/mol. The van der Waals surface area contributed by atoms with Crippen molar-refractivity contribution in [3.8, 4) is 11.1 Å². The summed E-state index contributed by atoms with van der Waals surface area (Å²) in [5.41, 5.74) is 5.15. The van der Waals surface area contributed by atoms with Crippen LogP contribution in [0.3, 0.4) is 0 Å². The number of halogens is 1. The molecule has 0 bridgehead atoms. The van der Waals surface area contributed by atoms with Gasteiger partial charge in [-0.2, -0.15) is 5.10 Å². The van der Waals surface area contributed by atoms with Gasteiger partial charge in [-0.3, -0.25) is 9.58 Å². The fraction of sp³-hybridized carbons (Fsp3) is 0.435. The van der Waals surface area contributed by atoms with E-state index in [0.29, 0.717) is 5.95 Å². The van der Waals surface area contributed by atoms with Gasteiger partial charge in [-0.25, -0.2) is 14.4 Å². The average molecular weight is 409 g/mol. The first-order chi connectivity index (χ1) is 14.5. The lowest BCUT2D eigenvalue weighted by Gasteiger charge is -2.26. The highest BCUT2D eigenvalue weighted by molar-refractivity contribution is 5.66. The maximum Gasteiger partial charge on any atom is 0.225 e. The van der Waals surface area contributed by atoms with Gasteiger partial charge in [0.15, 0.2) is 0 Å². The van der Waals surface area contributed by atoms with Crippen LogP contribution in [0.5, 0.6) is 0 Å². The maximum absolute atomic E-state index is 13.9. The summed E-state index contributed by atoms with van der Waals surface area (Å²) in [5, 5.41) is 4.50. The van der Waals surface area contributed by atoms with E-state index < -0.39 is 0 Å². The fourth-order valence-electron chi connectivity index (χ4n) is 4.24. The number of rotatable bonds is 6. The lowest BCUT2D eigenvalue weighted by atomic mass is 9.99. The van der Waals surface area contributed by atoms with Crippen molar-refractivity contribution in [2.24, 2.45) is 0 Å².